The van der Waals surface area contributed by atoms with Crippen LogP contribution in [0.3, 0.4) is 0 Å². The van der Waals surface area contributed by atoms with Gasteiger partial charge in [0, 0.05) is 54.7 Å². The van der Waals surface area contributed by atoms with Gasteiger partial charge >= 0.3 is 6.09 Å². The molecule has 29 heteroatoms. The van der Waals surface area contributed by atoms with Gasteiger partial charge in [0.15, 0.2) is 6.29 Å². The summed E-state index contributed by atoms with van der Waals surface area (Å²) in [5, 5.41) is 65.4. The summed E-state index contributed by atoms with van der Waals surface area (Å²) in [5.41, 5.74) is 1.23. The molecule has 0 spiro atoms. The van der Waals surface area contributed by atoms with Crippen LogP contribution in [0.5, 0.6) is 0 Å². The van der Waals surface area contributed by atoms with Crippen molar-refractivity contribution in [2.75, 3.05) is 59.9 Å². The minimum absolute atomic E-state index is 0.117. The first-order valence-electron chi connectivity index (χ1n) is 33.3. The van der Waals surface area contributed by atoms with Gasteiger partial charge in [0.1, 0.15) is 61.7 Å². The minimum Gasteiger partial charge on any atom is -0.445 e. The molecule has 3 aliphatic rings. The molecule has 3 fully saturated rings. The molecule has 0 radical (unpaired) electrons. The smallest absolute Gasteiger partial charge is 0.410 e. The maximum absolute atomic E-state index is 14.8. The molecule has 536 valence electrons. The van der Waals surface area contributed by atoms with Crippen LogP contribution in [-0.4, -0.2) is 244 Å². The SMILES string of the molecule is [3H]C1CC(=O)N(CC(=O)N[C@H](C(=O)N[C@@H](CO[C@@H]2O[C@H](CO)[C@@H](O)[C@H](O)[C@H]2O)C(=O)Nc2ccc(COC(=O)N(C)[C@H](C(=O)N[C@H](C(=O)N(C)[C@@H]([C@@H](C)CC)[C@@H](CC(=O)N3CCC[C@H]3[C@H](OC)[C@@H](C)C(=O)N[C@H](C)[C@@H](O)c3ccccc3)OC)C(C)C)C(C)C)cc2)C(C)C)C1=O. The van der Waals surface area contributed by atoms with E-state index in [0.29, 0.717) is 41.8 Å². The van der Waals surface area contributed by atoms with Crippen molar-refractivity contribution in [3.8, 4) is 0 Å². The molecule has 10 amide bonds. The predicted molar refractivity (Wildman–Crippen MR) is 348 cm³/mol. The monoisotopic (exact) mass is 1360 g/mol. The Bertz CT molecular complexity index is 2980. The number of likely N-dealkylation sites (tertiary alicyclic amines) is 2. The molecule has 10 N–H and O–H groups in total. The predicted octanol–water partition coefficient (Wildman–Crippen LogP) is 1.11. The number of carbonyl (C=O) groups is 10. The Balaban J connectivity index is 1.23. The Morgan fingerprint density at radius 3 is 1.96 bits per heavy atom. The first-order valence-corrected chi connectivity index (χ1v) is 32.8. The Kier molecular flexibility index (Phi) is 29.9. The second-order valence-electron chi connectivity index (χ2n) is 26.1. The summed E-state index contributed by atoms with van der Waals surface area (Å²) in [7, 11) is 5.98. The average Bonchev–Trinajstić information content (AvgIpc) is 1.66. The number of carbonyl (C=O) groups excluding carboxylic acids is 10. The zero-order chi connectivity index (χ0) is 72.4. The molecule has 2 aromatic carbocycles. The third-order valence-electron chi connectivity index (χ3n) is 18.2. The first kappa shape index (κ1) is 77.8. The van der Waals surface area contributed by atoms with E-state index in [4.69, 9.17) is 25.1 Å². The number of aliphatic hydroxyl groups is 5. The van der Waals surface area contributed by atoms with Crippen LogP contribution in [0, 0.1) is 29.6 Å². The van der Waals surface area contributed by atoms with Crippen molar-refractivity contribution in [3.63, 3.8) is 0 Å². The molecule has 0 aliphatic carbocycles. The highest BCUT2D eigenvalue weighted by Gasteiger charge is 2.47. The number of imide groups is 1. The molecule has 96 heavy (non-hydrogen) atoms. The van der Waals surface area contributed by atoms with Crippen LogP contribution in [0.15, 0.2) is 54.6 Å². The lowest BCUT2D eigenvalue weighted by molar-refractivity contribution is -0.301. The fourth-order valence-electron chi connectivity index (χ4n) is 12.3. The number of likely N-dealkylation sites (N-methyl/N-ethyl adjacent to an activating group) is 2. The van der Waals surface area contributed by atoms with Gasteiger partial charge in [0.05, 0.1) is 62.0 Å². The minimum atomic E-state index is -1.88. The summed E-state index contributed by atoms with van der Waals surface area (Å²) in [6.45, 7) is 15.3. The number of benzene rings is 2. The van der Waals surface area contributed by atoms with Gasteiger partial charge in [-0.15, -0.1) is 0 Å². The van der Waals surface area contributed by atoms with E-state index in [-0.39, 0.29) is 36.4 Å². The number of rotatable bonds is 34. The van der Waals surface area contributed by atoms with Crippen LogP contribution in [-0.2, 0) is 73.4 Å². The molecule has 5 rings (SSSR count). The highest BCUT2D eigenvalue weighted by molar-refractivity contribution is 6.05. The highest BCUT2D eigenvalue weighted by Crippen LogP contribution is 2.31. The molecule has 29 nitrogen and oxygen atoms in total. The topological polar surface area (TPSA) is 391 Å². The highest BCUT2D eigenvalue weighted by atomic mass is 16.7. The average molecular weight is 1360 g/mol. The lowest BCUT2D eigenvalue weighted by Crippen LogP contribution is -2.60. The van der Waals surface area contributed by atoms with E-state index in [9.17, 15) is 73.5 Å². The van der Waals surface area contributed by atoms with E-state index in [2.05, 4.69) is 26.6 Å². The molecule has 0 bridgehead atoms. The standard InChI is InChI=1S/C67H103N9O20/c1-15-38(8)55(46(92-13)30-51(81)75-29-19-22-45(75)60(93-14)39(9)61(86)68-40(10)56(82)42-20-17-16-18-21-42)73(11)65(90)53(36(4)5)72-64(89)54(37(6)7)74(12)67(91)95-33-41-23-25-43(26-24-41)69-62(87)44(34-94-66-59(85)58(84)57(83)47(32-77)96-66)70-63(88)52(35(2)3)71-48(78)31-76-49(79)27-28-50(76)80/h16-18,20-21,23-26,35-40,44-47,52-60,66,77,82-85H,15,19,22,27-34H2,1-14H3,(H,68,86)(H,69,87)(H,70,88)(H,71,78)(H,72,89)/t38-,39+,40+,44-,45-,46+,47+,52-,53-,54-,55-,56+,57+,58-,59+,60+,66+/m0/s1/i27T/t27?,38-,39+,40+,44-,45-,46+,47+,52-,53-,54-,55-,56+,57+,58-,59+,60+,66+. The van der Waals surface area contributed by atoms with Crippen molar-refractivity contribution in [2.24, 2.45) is 29.6 Å². The van der Waals surface area contributed by atoms with Crippen molar-refractivity contribution in [1.82, 2.24) is 40.9 Å². The third kappa shape index (κ3) is 20.7. The second-order valence-corrected chi connectivity index (χ2v) is 26.1. The summed E-state index contributed by atoms with van der Waals surface area (Å²) in [4.78, 5) is 142. The van der Waals surface area contributed by atoms with E-state index >= 15 is 0 Å². The van der Waals surface area contributed by atoms with Crippen LogP contribution < -0.4 is 26.6 Å². The molecular formula is C67H103N9O20. The number of anilines is 1. The molecule has 1 unspecified atom stereocenters. The fourth-order valence-corrected chi connectivity index (χ4v) is 12.3. The lowest BCUT2D eigenvalue weighted by atomic mass is 9.89. The second kappa shape index (κ2) is 36.9. The molecule has 0 saturated carbocycles. The number of nitrogens with one attached hydrogen (secondary N) is 5. The van der Waals surface area contributed by atoms with E-state index in [0.717, 1.165) is 4.90 Å². The summed E-state index contributed by atoms with van der Waals surface area (Å²) < 4.78 is 36.5. The Labute approximate surface area is 563 Å². The Hall–Kier alpha value is -7.22. The Morgan fingerprint density at radius 1 is 0.750 bits per heavy atom. The first-order chi connectivity index (χ1) is 45.7. The quantitative estimate of drug-likeness (QED) is 0.0439. The number of ether oxygens (including phenoxy) is 5. The van der Waals surface area contributed by atoms with Crippen molar-refractivity contribution in [1.29, 1.82) is 0 Å². The maximum Gasteiger partial charge on any atom is 0.410 e. The van der Waals surface area contributed by atoms with Gasteiger partial charge in [-0.05, 0) is 66.7 Å². The van der Waals surface area contributed by atoms with Gasteiger partial charge in [-0.3, -0.25) is 53.0 Å². The van der Waals surface area contributed by atoms with E-state index in [1.54, 1.807) is 91.6 Å². The summed E-state index contributed by atoms with van der Waals surface area (Å²) >= 11 is 0. The molecular weight excluding hydrogens is 1250 g/mol. The number of methoxy groups -OCH3 is 2. The molecule has 3 saturated heterocycles. The van der Waals surface area contributed by atoms with Crippen LogP contribution >= 0.6 is 0 Å². The van der Waals surface area contributed by atoms with Gasteiger partial charge in [-0.2, -0.15) is 0 Å². The van der Waals surface area contributed by atoms with Gasteiger partial charge < -0.3 is 85.6 Å². The van der Waals surface area contributed by atoms with Crippen LogP contribution in [0.2, 0.25) is 0 Å². The normalized spacial score (nSPS) is 23.3. The van der Waals surface area contributed by atoms with Crippen LogP contribution in [0.4, 0.5) is 10.5 Å². The molecule has 2 aromatic rings. The number of nitrogens with zero attached hydrogens (tertiary/aromatic N) is 4. The lowest BCUT2D eigenvalue weighted by Gasteiger charge is -2.41. The van der Waals surface area contributed by atoms with Gasteiger partial charge in [0.25, 0.3) is 0 Å². The zero-order valence-corrected chi connectivity index (χ0v) is 57.5. The van der Waals surface area contributed by atoms with Gasteiger partial charge in [0.2, 0.25) is 53.2 Å². The van der Waals surface area contributed by atoms with Crippen molar-refractivity contribution >= 4 is 64.9 Å². The molecule has 0 aromatic heterocycles. The summed E-state index contributed by atoms with van der Waals surface area (Å²) in [6, 6.07) is 7.92. The van der Waals surface area contributed by atoms with Gasteiger partial charge in [-0.25, -0.2) is 4.79 Å². The van der Waals surface area contributed by atoms with E-state index < -0.39 is 195 Å². The molecule has 18 atom stereocenters. The fraction of sp³-hybridized carbons (Fsp3) is 0.672. The largest absolute Gasteiger partial charge is 0.445 e. The Morgan fingerprint density at radius 2 is 1.40 bits per heavy atom. The third-order valence-corrected chi connectivity index (χ3v) is 18.2. The number of amides is 10. The zero-order valence-electron chi connectivity index (χ0n) is 58.5. The number of hydrogen-bond donors (Lipinski definition) is 10. The van der Waals surface area contributed by atoms with Crippen molar-refractivity contribution in [3.05, 3.63) is 65.7 Å². The van der Waals surface area contributed by atoms with Crippen LogP contribution in [0.1, 0.15) is 126 Å². The van der Waals surface area contributed by atoms with Crippen LogP contribution in [0.25, 0.3) is 0 Å². The number of hydrogen-bond acceptors (Lipinski definition) is 20. The molecule has 3 heterocycles. The summed E-state index contributed by atoms with van der Waals surface area (Å²) in [5.74, 6) is -8.58. The van der Waals surface area contributed by atoms with Crippen molar-refractivity contribution in [2.45, 2.75) is 206 Å². The molecule has 3 aliphatic heterocycles. The van der Waals surface area contributed by atoms with Crippen molar-refractivity contribution < 1.29 is 98.5 Å². The van der Waals surface area contributed by atoms with E-state index in [1.165, 1.54) is 50.4 Å². The van der Waals surface area contributed by atoms with Gasteiger partial charge in [-0.1, -0.05) is 111 Å². The maximum atomic E-state index is 14.8. The van der Waals surface area contributed by atoms with E-state index in [1.807, 2.05) is 19.9 Å². The summed E-state index contributed by atoms with van der Waals surface area (Å²) in [6.07, 6.45) is -12.0. The number of aliphatic hydroxyl groups excluding tert-OH is 5.